The molecule has 3 atom stereocenters. The maximum Gasteiger partial charge on any atom is 0.229 e. The van der Waals surface area contributed by atoms with E-state index in [2.05, 4.69) is 24.0 Å². The van der Waals surface area contributed by atoms with Crippen molar-refractivity contribution in [1.29, 1.82) is 0 Å². The molecule has 0 aromatic carbocycles. The Kier molecular flexibility index (Phi) is 5.76. The molecular weight excluding hydrogens is 268 g/mol. The predicted octanol–water partition coefficient (Wildman–Crippen LogP) is 3.22. The van der Waals surface area contributed by atoms with Crippen molar-refractivity contribution < 1.29 is 14.4 Å². The first kappa shape index (κ1) is 16.4. The van der Waals surface area contributed by atoms with Gasteiger partial charge in [0.15, 0.2) is 0 Å². The third kappa shape index (κ3) is 4.04. The van der Waals surface area contributed by atoms with Gasteiger partial charge in [0.2, 0.25) is 11.7 Å². The van der Waals surface area contributed by atoms with Gasteiger partial charge in [0.25, 0.3) is 0 Å². The van der Waals surface area contributed by atoms with Gasteiger partial charge in [-0.25, -0.2) is 0 Å². The van der Waals surface area contributed by atoms with Gasteiger partial charge in [0.05, 0.1) is 12.5 Å². The molecule has 5 nitrogen and oxygen atoms in total. The van der Waals surface area contributed by atoms with Crippen molar-refractivity contribution >= 4 is 0 Å². The molecule has 1 heterocycles. The molecule has 1 fully saturated rings. The van der Waals surface area contributed by atoms with E-state index in [-0.39, 0.29) is 0 Å². The van der Waals surface area contributed by atoms with E-state index in [4.69, 9.17) is 9.26 Å². The molecule has 1 saturated carbocycles. The van der Waals surface area contributed by atoms with E-state index < -0.39 is 11.7 Å². The van der Waals surface area contributed by atoms with E-state index in [9.17, 15) is 5.11 Å². The highest BCUT2D eigenvalue weighted by atomic mass is 16.5. The van der Waals surface area contributed by atoms with Gasteiger partial charge >= 0.3 is 0 Å². The minimum atomic E-state index is -0.406. The highest BCUT2D eigenvalue weighted by molar-refractivity contribution is 5.04. The Labute approximate surface area is 127 Å². The van der Waals surface area contributed by atoms with Gasteiger partial charge in [-0.3, -0.25) is 0 Å². The van der Waals surface area contributed by atoms with Crippen molar-refractivity contribution in [1.82, 2.24) is 10.1 Å². The lowest BCUT2D eigenvalue weighted by molar-refractivity contribution is -0.0891. The molecule has 0 aliphatic heterocycles. The monoisotopic (exact) mass is 296 g/mol. The summed E-state index contributed by atoms with van der Waals surface area (Å²) in [6.45, 7) is 6.96. The molecule has 21 heavy (non-hydrogen) atoms. The third-order valence-electron chi connectivity index (χ3n) is 4.28. The molecule has 0 amide bonds. The number of rotatable bonds is 7. The van der Waals surface area contributed by atoms with Crippen LogP contribution < -0.4 is 0 Å². The molecule has 0 spiro atoms. The molecule has 1 aliphatic carbocycles. The maximum absolute atomic E-state index is 9.87. The van der Waals surface area contributed by atoms with E-state index in [0.29, 0.717) is 30.7 Å². The first-order chi connectivity index (χ1) is 10.1. The summed E-state index contributed by atoms with van der Waals surface area (Å²) in [6.07, 6.45) is 5.97. The summed E-state index contributed by atoms with van der Waals surface area (Å²) >= 11 is 0. The Bertz CT molecular complexity index is 431. The Morgan fingerprint density at radius 1 is 1.48 bits per heavy atom. The average Bonchev–Trinajstić information content (AvgIpc) is 2.88. The predicted molar refractivity (Wildman–Crippen MR) is 79.9 cm³/mol. The van der Waals surface area contributed by atoms with Crippen LogP contribution in [0.25, 0.3) is 0 Å². The van der Waals surface area contributed by atoms with Gasteiger partial charge < -0.3 is 14.4 Å². The lowest BCUT2D eigenvalue weighted by atomic mass is 9.78. The van der Waals surface area contributed by atoms with Crippen LogP contribution in [0.3, 0.4) is 0 Å². The fraction of sp³-hybridized carbons (Fsp3) is 0.875. The molecule has 1 N–H and O–H groups in total. The molecular formula is C16H28N2O3. The molecule has 3 unspecified atom stereocenters. The SMILES string of the molecule is CCCC(O)Cc1nc(C2(OCC)CCCC(C)C2)no1. The number of aromatic nitrogens is 2. The van der Waals surface area contributed by atoms with Gasteiger partial charge in [0.1, 0.15) is 5.60 Å². The number of nitrogens with zero attached hydrogens (tertiary/aromatic N) is 2. The molecule has 1 aromatic heterocycles. The first-order valence-electron chi connectivity index (χ1n) is 8.24. The number of ether oxygens (including phenoxy) is 1. The molecule has 1 aromatic rings. The van der Waals surface area contributed by atoms with Crippen LogP contribution in [0.4, 0.5) is 0 Å². The molecule has 5 heteroatoms. The van der Waals surface area contributed by atoms with Crippen molar-refractivity contribution in [3.63, 3.8) is 0 Å². The van der Waals surface area contributed by atoms with Crippen LogP contribution in [-0.2, 0) is 16.8 Å². The molecule has 0 saturated heterocycles. The third-order valence-corrected chi connectivity index (χ3v) is 4.28. The minimum Gasteiger partial charge on any atom is -0.393 e. The van der Waals surface area contributed by atoms with Crippen molar-refractivity contribution in [3.05, 3.63) is 11.7 Å². The number of aliphatic hydroxyl groups is 1. The van der Waals surface area contributed by atoms with Gasteiger partial charge in [-0.1, -0.05) is 31.8 Å². The van der Waals surface area contributed by atoms with E-state index in [1.54, 1.807) is 0 Å². The van der Waals surface area contributed by atoms with E-state index >= 15 is 0 Å². The van der Waals surface area contributed by atoms with Gasteiger partial charge in [-0.05, 0) is 38.5 Å². The van der Waals surface area contributed by atoms with Crippen LogP contribution >= 0.6 is 0 Å². The lowest BCUT2D eigenvalue weighted by Crippen LogP contribution is -2.36. The Hall–Kier alpha value is -0.940. The number of hydrogen-bond acceptors (Lipinski definition) is 5. The van der Waals surface area contributed by atoms with Crippen LogP contribution in [0.15, 0.2) is 4.52 Å². The summed E-state index contributed by atoms with van der Waals surface area (Å²) in [6, 6.07) is 0. The Morgan fingerprint density at radius 2 is 2.29 bits per heavy atom. The summed E-state index contributed by atoms with van der Waals surface area (Å²) in [5.41, 5.74) is -0.399. The fourth-order valence-electron chi connectivity index (χ4n) is 3.34. The summed E-state index contributed by atoms with van der Waals surface area (Å²) in [5.74, 6) is 1.79. The van der Waals surface area contributed by atoms with E-state index in [0.717, 1.165) is 32.1 Å². The lowest BCUT2D eigenvalue weighted by Gasteiger charge is -2.37. The highest BCUT2D eigenvalue weighted by Gasteiger charge is 2.41. The Balaban J connectivity index is 2.12. The van der Waals surface area contributed by atoms with E-state index in [1.165, 1.54) is 6.42 Å². The highest BCUT2D eigenvalue weighted by Crippen LogP contribution is 2.41. The summed E-state index contributed by atoms with van der Waals surface area (Å²) in [7, 11) is 0. The topological polar surface area (TPSA) is 68.4 Å². The average molecular weight is 296 g/mol. The van der Waals surface area contributed by atoms with Crippen molar-refractivity contribution in [3.8, 4) is 0 Å². The van der Waals surface area contributed by atoms with Crippen LogP contribution in [-0.4, -0.2) is 28.0 Å². The van der Waals surface area contributed by atoms with Gasteiger partial charge in [0, 0.05) is 6.61 Å². The van der Waals surface area contributed by atoms with Gasteiger partial charge in [-0.2, -0.15) is 4.98 Å². The summed E-state index contributed by atoms with van der Waals surface area (Å²) in [4.78, 5) is 4.52. The summed E-state index contributed by atoms with van der Waals surface area (Å²) < 4.78 is 11.4. The first-order valence-corrected chi connectivity index (χ1v) is 8.24. The molecule has 1 aliphatic rings. The smallest absolute Gasteiger partial charge is 0.229 e. The van der Waals surface area contributed by atoms with Crippen molar-refractivity contribution in [2.75, 3.05) is 6.61 Å². The second-order valence-corrected chi connectivity index (χ2v) is 6.29. The number of aliphatic hydroxyl groups excluding tert-OH is 1. The zero-order valence-corrected chi connectivity index (χ0v) is 13.5. The second-order valence-electron chi connectivity index (χ2n) is 6.29. The van der Waals surface area contributed by atoms with Crippen molar-refractivity contribution in [2.45, 2.75) is 77.4 Å². The zero-order chi connectivity index (χ0) is 15.3. The molecule has 120 valence electrons. The molecule has 0 bridgehead atoms. The molecule has 0 radical (unpaired) electrons. The largest absolute Gasteiger partial charge is 0.393 e. The maximum atomic E-state index is 9.87. The van der Waals surface area contributed by atoms with Crippen LogP contribution in [0.2, 0.25) is 0 Å². The standard InChI is InChI=1S/C16H28N2O3/c1-4-7-13(19)10-14-17-15(18-21-14)16(20-5-2)9-6-8-12(3)11-16/h12-13,19H,4-11H2,1-3H3. The summed E-state index contributed by atoms with van der Waals surface area (Å²) in [5, 5.41) is 14.0. The molecule has 2 rings (SSSR count). The minimum absolute atomic E-state index is 0.399. The van der Waals surface area contributed by atoms with Crippen molar-refractivity contribution in [2.24, 2.45) is 5.92 Å². The number of hydrogen-bond donors (Lipinski definition) is 1. The van der Waals surface area contributed by atoms with Crippen LogP contribution in [0.5, 0.6) is 0 Å². The fourth-order valence-corrected chi connectivity index (χ4v) is 3.34. The normalized spacial score (nSPS) is 27.7. The quantitative estimate of drug-likeness (QED) is 0.836. The zero-order valence-electron chi connectivity index (χ0n) is 13.5. The van der Waals surface area contributed by atoms with Crippen LogP contribution in [0.1, 0.15) is 71.0 Å². The van der Waals surface area contributed by atoms with Crippen LogP contribution in [0, 0.1) is 5.92 Å². The van der Waals surface area contributed by atoms with Gasteiger partial charge in [-0.15, -0.1) is 0 Å². The Morgan fingerprint density at radius 3 is 2.95 bits per heavy atom. The second kappa shape index (κ2) is 7.36. The van der Waals surface area contributed by atoms with E-state index in [1.807, 2.05) is 6.92 Å².